The Balaban J connectivity index is 1.81. The maximum atomic E-state index is 12.4. The topological polar surface area (TPSA) is 40.5 Å². The van der Waals surface area contributed by atoms with E-state index >= 15 is 0 Å². The fourth-order valence-electron chi connectivity index (χ4n) is 3.46. The van der Waals surface area contributed by atoms with E-state index in [0.717, 1.165) is 38.8 Å². The molecule has 0 radical (unpaired) electrons. The Morgan fingerprint density at radius 3 is 2.47 bits per heavy atom. The molecule has 1 saturated carbocycles. The first-order valence-electron chi connectivity index (χ1n) is 8.07. The van der Waals surface area contributed by atoms with Crippen LogP contribution in [0, 0.1) is 5.92 Å². The van der Waals surface area contributed by atoms with E-state index in [9.17, 15) is 9.90 Å². The zero-order valence-corrected chi connectivity index (χ0v) is 12.4. The highest BCUT2D eigenvalue weighted by Crippen LogP contribution is 2.27. The van der Waals surface area contributed by atoms with Gasteiger partial charge in [0.2, 0.25) is 5.91 Å². The van der Waals surface area contributed by atoms with Crippen molar-refractivity contribution in [2.75, 3.05) is 13.1 Å². The van der Waals surface area contributed by atoms with Crippen molar-refractivity contribution in [2.45, 2.75) is 76.7 Å². The molecule has 2 fully saturated rings. The molecule has 0 aromatic heterocycles. The van der Waals surface area contributed by atoms with Gasteiger partial charge >= 0.3 is 0 Å². The lowest BCUT2D eigenvalue weighted by atomic mass is 9.96. The molecule has 0 aromatic carbocycles. The lowest BCUT2D eigenvalue weighted by molar-refractivity contribution is -0.132. The number of hydrogen-bond acceptors (Lipinski definition) is 2. The zero-order valence-electron chi connectivity index (χ0n) is 12.4. The first-order chi connectivity index (χ1) is 9.07. The van der Waals surface area contributed by atoms with Gasteiger partial charge in [0.05, 0.1) is 5.60 Å². The standard InChI is InChI=1S/C16H29NO2/c1-16(19)9-6-11-17(12-10-16)15(18)13-14-7-4-2-3-5-8-14/h14,19H,2-13H2,1H3. The molecule has 19 heavy (non-hydrogen) atoms. The first-order valence-corrected chi connectivity index (χ1v) is 8.07. The van der Waals surface area contributed by atoms with E-state index in [2.05, 4.69) is 0 Å². The van der Waals surface area contributed by atoms with Crippen molar-refractivity contribution in [1.82, 2.24) is 4.90 Å². The Morgan fingerprint density at radius 1 is 1.11 bits per heavy atom. The van der Waals surface area contributed by atoms with Gasteiger partial charge < -0.3 is 10.0 Å². The van der Waals surface area contributed by atoms with Gasteiger partial charge in [0, 0.05) is 19.5 Å². The molecule has 1 atom stereocenters. The van der Waals surface area contributed by atoms with Gasteiger partial charge in [-0.2, -0.15) is 0 Å². The Kier molecular flexibility index (Phi) is 5.26. The van der Waals surface area contributed by atoms with Crippen molar-refractivity contribution in [3.63, 3.8) is 0 Å². The maximum Gasteiger partial charge on any atom is 0.222 e. The van der Waals surface area contributed by atoms with Gasteiger partial charge in [0.25, 0.3) is 0 Å². The molecule has 110 valence electrons. The van der Waals surface area contributed by atoms with E-state index in [-0.39, 0.29) is 0 Å². The zero-order chi connectivity index (χ0) is 13.7. The monoisotopic (exact) mass is 267 g/mol. The van der Waals surface area contributed by atoms with Crippen LogP contribution < -0.4 is 0 Å². The van der Waals surface area contributed by atoms with Gasteiger partial charge in [0.1, 0.15) is 0 Å². The second-order valence-electron chi connectivity index (χ2n) is 6.79. The van der Waals surface area contributed by atoms with Crippen LogP contribution in [0.5, 0.6) is 0 Å². The van der Waals surface area contributed by atoms with Crippen LogP contribution in [0.15, 0.2) is 0 Å². The van der Waals surface area contributed by atoms with E-state index in [0.29, 0.717) is 11.8 Å². The van der Waals surface area contributed by atoms with Crippen LogP contribution >= 0.6 is 0 Å². The normalized spacial score (nSPS) is 30.7. The van der Waals surface area contributed by atoms with Crippen LogP contribution in [-0.2, 0) is 4.79 Å². The first kappa shape index (κ1) is 14.8. The molecule has 1 N–H and O–H groups in total. The Hall–Kier alpha value is -0.570. The number of hydrogen-bond donors (Lipinski definition) is 1. The summed E-state index contributed by atoms with van der Waals surface area (Å²) in [6.45, 7) is 3.46. The summed E-state index contributed by atoms with van der Waals surface area (Å²) in [5, 5.41) is 10.1. The molecule has 3 nitrogen and oxygen atoms in total. The van der Waals surface area contributed by atoms with E-state index in [4.69, 9.17) is 0 Å². The van der Waals surface area contributed by atoms with Crippen molar-refractivity contribution < 1.29 is 9.90 Å². The molecule has 0 bridgehead atoms. The largest absolute Gasteiger partial charge is 0.390 e. The third kappa shape index (κ3) is 4.79. The molecule has 1 saturated heterocycles. The molecular weight excluding hydrogens is 238 g/mol. The maximum absolute atomic E-state index is 12.4. The van der Waals surface area contributed by atoms with Gasteiger partial charge in [-0.25, -0.2) is 0 Å². The van der Waals surface area contributed by atoms with Crippen molar-refractivity contribution in [3.05, 3.63) is 0 Å². The van der Waals surface area contributed by atoms with E-state index in [1.807, 2.05) is 11.8 Å². The van der Waals surface area contributed by atoms with Gasteiger partial charge in [-0.3, -0.25) is 4.79 Å². The Morgan fingerprint density at radius 2 is 1.79 bits per heavy atom. The fraction of sp³-hybridized carbons (Fsp3) is 0.938. The summed E-state index contributed by atoms with van der Waals surface area (Å²) in [5.74, 6) is 0.934. The number of carbonyl (C=O) groups is 1. The predicted octanol–water partition coefficient (Wildman–Crippen LogP) is 3.11. The van der Waals surface area contributed by atoms with E-state index in [1.165, 1.54) is 38.5 Å². The van der Waals surface area contributed by atoms with Crippen molar-refractivity contribution in [3.8, 4) is 0 Å². The minimum Gasteiger partial charge on any atom is -0.390 e. The molecule has 1 unspecified atom stereocenters. The Bertz CT molecular complexity index is 293. The SMILES string of the molecule is CC1(O)CCCN(C(=O)CC2CCCCCC2)CC1. The van der Waals surface area contributed by atoms with E-state index < -0.39 is 5.60 Å². The number of carbonyl (C=O) groups excluding carboxylic acids is 1. The molecule has 1 aliphatic carbocycles. The lowest BCUT2D eigenvalue weighted by Crippen LogP contribution is -2.34. The predicted molar refractivity (Wildman–Crippen MR) is 76.9 cm³/mol. The molecule has 1 amide bonds. The third-order valence-corrected chi connectivity index (χ3v) is 4.85. The summed E-state index contributed by atoms with van der Waals surface area (Å²) in [4.78, 5) is 14.4. The summed E-state index contributed by atoms with van der Waals surface area (Å²) in [6, 6.07) is 0. The second kappa shape index (κ2) is 6.74. The minimum atomic E-state index is -0.572. The molecule has 0 aromatic rings. The number of amides is 1. The molecule has 1 aliphatic heterocycles. The molecule has 1 heterocycles. The average Bonchev–Trinajstić information content (AvgIpc) is 2.69. The van der Waals surface area contributed by atoms with Gasteiger partial charge in [-0.15, -0.1) is 0 Å². The number of aliphatic hydroxyl groups is 1. The Labute approximate surface area is 117 Å². The third-order valence-electron chi connectivity index (χ3n) is 4.85. The smallest absolute Gasteiger partial charge is 0.222 e. The number of rotatable bonds is 2. The summed E-state index contributed by atoms with van der Waals surface area (Å²) in [6.07, 6.45) is 11.0. The number of nitrogens with zero attached hydrogens (tertiary/aromatic N) is 1. The quantitative estimate of drug-likeness (QED) is 0.781. The van der Waals surface area contributed by atoms with Gasteiger partial charge in [-0.1, -0.05) is 25.7 Å². The second-order valence-corrected chi connectivity index (χ2v) is 6.79. The minimum absolute atomic E-state index is 0.324. The molecule has 2 aliphatic rings. The molecular formula is C16H29NO2. The summed E-state index contributed by atoms with van der Waals surface area (Å²) in [5.41, 5.74) is -0.572. The van der Waals surface area contributed by atoms with Crippen molar-refractivity contribution >= 4 is 5.91 Å². The average molecular weight is 267 g/mol. The molecule has 2 rings (SSSR count). The molecule has 3 heteroatoms. The molecule has 0 spiro atoms. The van der Waals surface area contributed by atoms with Gasteiger partial charge in [0.15, 0.2) is 0 Å². The van der Waals surface area contributed by atoms with Crippen LogP contribution in [0.2, 0.25) is 0 Å². The van der Waals surface area contributed by atoms with Crippen LogP contribution in [0.3, 0.4) is 0 Å². The van der Waals surface area contributed by atoms with Crippen LogP contribution in [0.25, 0.3) is 0 Å². The lowest BCUT2D eigenvalue weighted by Gasteiger charge is -2.24. The van der Waals surface area contributed by atoms with Gasteiger partial charge in [-0.05, 0) is 44.9 Å². The highest BCUT2D eigenvalue weighted by atomic mass is 16.3. The van der Waals surface area contributed by atoms with Crippen molar-refractivity contribution in [1.29, 1.82) is 0 Å². The highest BCUT2D eigenvalue weighted by Gasteiger charge is 2.28. The summed E-state index contributed by atoms with van der Waals surface area (Å²) >= 11 is 0. The van der Waals surface area contributed by atoms with Crippen LogP contribution in [-0.4, -0.2) is 34.6 Å². The van der Waals surface area contributed by atoms with Crippen LogP contribution in [0.1, 0.15) is 71.1 Å². The van der Waals surface area contributed by atoms with E-state index in [1.54, 1.807) is 0 Å². The van der Waals surface area contributed by atoms with Crippen molar-refractivity contribution in [2.24, 2.45) is 5.92 Å². The fourth-order valence-corrected chi connectivity index (χ4v) is 3.46. The van der Waals surface area contributed by atoms with Crippen LogP contribution in [0.4, 0.5) is 0 Å². The summed E-state index contributed by atoms with van der Waals surface area (Å²) in [7, 11) is 0. The highest BCUT2D eigenvalue weighted by molar-refractivity contribution is 5.76. The summed E-state index contributed by atoms with van der Waals surface area (Å²) < 4.78 is 0. The number of likely N-dealkylation sites (tertiary alicyclic amines) is 1.